The summed E-state index contributed by atoms with van der Waals surface area (Å²) in [7, 11) is 0. The largest absolute Gasteiger partial charge is 0.394 e. The summed E-state index contributed by atoms with van der Waals surface area (Å²) in [6.45, 7) is 2.66. The predicted octanol–water partition coefficient (Wildman–Crippen LogP) is 3.93. The number of carbonyl (C=O) groups excluding carboxylic acids is 2. The summed E-state index contributed by atoms with van der Waals surface area (Å²) in [6.07, 6.45) is 6.12. The molecule has 256 valence electrons. The van der Waals surface area contributed by atoms with E-state index in [1.54, 1.807) is 16.8 Å². The lowest BCUT2D eigenvalue weighted by atomic mass is 9.91. The molecule has 0 saturated carbocycles. The Labute approximate surface area is 294 Å². The molecule has 3 aromatic carbocycles. The quantitative estimate of drug-likeness (QED) is 0.149. The van der Waals surface area contributed by atoms with E-state index in [1.807, 2.05) is 36.4 Å². The van der Waals surface area contributed by atoms with E-state index in [1.165, 1.54) is 5.56 Å². The summed E-state index contributed by atoms with van der Waals surface area (Å²) < 4.78 is 1.56. The lowest BCUT2D eigenvalue weighted by Crippen LogP contribution is -2.47. The Hall–Kier alpha value is -4.87. The predicted molar refractivity (Wildman–Crippen MR) is 195 cm³/mol. The van der Waals surface area contributed by atoms with Gasteiger partial charge in [0.2, 0.25) is 11.8 Å². The minimum Gasteiger partial charge on any atom is -0.394 e. The van der Waals surface area contributed by atoms with Crippen molar-refractivity contribution in [3.05, 3.63) is 117 Å². The highest BCUT2D eigenvalue weighted by atomic mass is 35.5. The molecule has 1 saturated heterocycles. The SMILES string of the molecule is Cc1c(-c2ccn3c(=O)c(CNCC4CCC(=O)N4)cnc3c2)cccc1-c1cccc(-c2ccc3c(c2)CC(NC(=O)C(N)CO)C3)c1Cl. The number of nitrogens with one attached hydrogen (secondary N) is 3. The van der Waals surface area contributed by atoms with Gasteiger partial charge in [-0.3, -0.25) is 18.8 Å². The van der Waals surface area contributed by atoms with Crippen LogP contribution < -0.4 is 27.2 Å². The molecule has 50 heavy (non-hydrogen) atoms. The summed E-state index contributed by atoms with van der Waals surface area (Å²) >= 11 is 7.17. The van der Waals surface area contributed by atoms with Gasteiger partial charge in [0.1, 0.15) is 11.7 Å². The monoisotopic (exact) mass is 690 g/mol. The van der Waals surface area contributed by atoms with Crippen molar-refractivity contribution in [3.63, 3.8) is 0 Å². The van der Waals surface area contributed by atoms with Crippen molar-refractivity contribution >= 4 is 29.1 Å². The summed E-state index contributed by atoms with van der Waals surface area (Å²) in [5.74, 6) is -0.280. The van der Waals surface area contributed by atoms with E-state index in [0.717, 1.165) is 50.9 Å². The van der Waals surface area contributed by atoms with E-state index in [-0.39, 0.29) is 29.5 Å². The number of nitrogens with zero attached hydrogens (tertiary/aromatic N) is 2. The molecule has 3 atom stereocenters. The Balaban J connectivity index is 1.12. The van der Waals surface area contributed by atoms with Crippen LogP contribution in [0.4, 0.5) is 0 Å². The van der Waals surface area contributed by atoms with Gasteiger partial charge in [-0.2, -0.15) is 0 Å². The first-order valence-electron chi connectivity index (χ1n) is 16.9. The van der Waals surface area contributed by atoms with Gasteiger partial charge in [-0.25, -0.2) is 4.98 Å². The number of halogens is 1. The molecule has 2 aliphatic rings. The van der Waals surface area contributed by atoms with E-state index in [2.05, 4.69) is 58.2 Å². The number of rotatable bonds is 10. The van der Waals surface area contributed by atoms with Crippen LogP contribution in [0.15, 0.2) is 83.9 Å². The van der Waals surface area contributed by atoms with E-state index in [9.17, 15) is 19.5 Å². The Kier molecular flexibility index (Phi) is 9.52. The second kappa shape index (κ2) is 14.2. The molecule has 0 spiro atoms. The van der Waals surface area contributed by atoms with Crippen molar-refractivity contribution in [2.75, 3.05) is 13.2 Å². The summed E-state index contributed by atoms with van der Waals surface area (Å²) in [5, 5.41) is 19.0. The van der Waals surface area contributed by atoms with Crippen LogP contribution in [0, 0.1) is 6.92 Å². The van der Waals surface area contributed by atoms with Crippen LogP contribution in [-0.2, 0) is 29.0 Å². The summed E-state index contributed by atoms with van der Waals surface area (Å²) in [5.41, 5.74) is 15.8. The van der Waals surface area contributed by atoms with Gasteiger partial charge in [-0.1, -0.05) is 66.2 Å². The van der Waals surface area contributed by atoms with Crippen molar-refractivity contribution in [2.45, 2.75) is 57.3 Å². The van der Waals surface area contributed by atoms with E-state index in [0.29, 0.717) is 48.6 Å². The zero-order valence-electron chi connectivity index (χ0n) is 27.7. The smallest absolute Gasteiger partial charge is 0.262 e. The summed E-state index contributed by atoms with van der Waals surface area (Å²) in [6, 6.07) is 21.4. The van der Waals surface area contributed by atoms with Crippen molar-refractivity contribution in [1.29, 1.82) is 0 Å². The standard InChI is InChI=1S/C39H39ClN6O4/c1-22-30(25-12-13-46-35(17-25)43-19-27(39(46)50)18-42-20-28-10-11-36(48)44-28)4-2-5-31(22)33-7-3-6-32(37(33)40)24-9-8-23-15-29(16-26(23)14-24)45-38(49)34(41)21-47/h2-9,12-14,17,19,28-29,34,42,47H,10-11,15-16,18,20-21,41H2,1H3,(H,44,48)(H,45,49). The second-order valence-corrected chi connectivity index (χ2v) is 13.6. The zero-order valence-corrected chi connectivity index (χ0v) is 28.5. The summed E-state index contributed by atoms with van der Waals surface area (Å²) in [4.78, 5) is 41.6. The minimum absolute atomic E-state index is 0.0684. The fourth-order valence-corrected chi connectivity index (χ4v) is 7.43. The van der Waals surface area contributed by atoms with Crippen molar-refractivity contribution in [3.8, 4) is 33.4 Å². The number of amides is 2. The van der Waals surface area contributed by atoms with Crippen LogP contribution in [0.5, 0.6) is 0 Å². The number of hydrogen-bond acceptors (Lipinski definition) is 7. The average Bonchev–Trinajstić information content (AvgIpc) is 3.73. The van der Waals surface area contributed by atoms with Gasteiger partial charge in [-0.15, -0.1) is 0 Å². The number of benzene rings is 3. The third-order valence-corrected chi connectivity index (χ3v) is 10.2. The van der Waals surface area contributed by atoms with Crippen LogP contribution in [0.2, 0.25) is 5.02 Å². The number of pyridine rings is 1. The van der Waals surface area contributed by atoms with Gasteiger partial charge < -0.3 is 26.8 Å². The number of aliphatic hydroxyl groups is 1. The highest BCUT2D eigenvalue weighted by Gasteiger charge is 2.26. The minimum atomic E-state index is -0.929. The molecule has 1 fully saturated rings. The molecule has 7 rings (SSSR count). The number of hydrogen-bond donors (Lipinski definition) is 5. The maximum Gasteiger partial charge on any atom is 0.262 e. The van der Waals surface area contributed by atoms with Crippen LogP contribution in [0.3, 0.4) is 0 Å². The van der Waals surface area contributed by atoms with Crippen LogP contribution in [0.25, 0.3) is 39.0 Å². The van der Waals surface area contributed by atoms with Gasteiger partial charge >= 0.3 is 0 Å². The maximum absolute atomic E-state index is 13.3. The molecule has 2 aromatic heterocycles. The molecule has 3 heterocycles. The third kappa shape index (κ3) is 6.67. The lowest BCUT2D eigenvalue weighted by Gasteiger charge is -2.16. The third-order valence-electron chi connectivity index (χ3n) is 9.84. The van der Waals surface area contributed by atoms with Gasteiger partial charge in [0.05, 0.1) is 11.6 Å². The molecule has 0 bridgehead atoms. The van der Waals surface area contributed by atoms with Crippen LogP contribution >= 0.6 is 11.6 Å². The average molecular weight is 691 g/mol. The van der Waals surface area contributed by atoms with E-state index >= 15 is 0 Å². The number of aliphatic hydroxyl groups excluding tert-OH is 1. The second-order valence-electron chi connectivity index (χ2n) is 13.2. The van der Waals surface area contributed by atoms with E-state index in [4.69, 9.17) is 17.3 Å². The fraction of sp³-hybridized carbons (Fsp3) is 0.282. The van der Waals surface area contributed by atoms with Crippen LogP contribution in [-0.4, -0.2) is 57.6 Å². The maximum atomic E-state index is 13.3. The molecule has 3 unspecified atom stereocenters. The molecule has 10 nitrogen and oxygen atoms in total. The number of nitrogens with two attached hydrogens (primary N) is 1. The molecule has 1 aliphatic carbocycles. The number of carbonyl (C=O) groups is 2. The zero-order chi connectivity index (χ0) is 34.9. The Morgan fingerprint density at radius 3 is 2.54 bits per heavy atom. The van der Waals surface area contributed by atoms with Gasteiger partial charge in [0.15, 0.2) is 0 Å². The molecule has 0 radical (unpaired) electrons. The fourth-order valence-electron chi connectivity index (χ4n) is 7.10. The van der Waals surface area contributed by atoms with Crippen molar-refractivity contribution < 1.29 is 14.7 Å². The molecule has 5 aromatic rings. The first kappa shape index (κ1) is 33.6. The normalized spacial score (nSPS) is 17.5. The number of fused-ring (bicyclic) bond motifs is 2. The van der Waals surface area contributed by atoms with E-state index < -0.39 is 12.6 Å². The topological polar surface area (TPSA) is 151 Å². The lowest BCUT2D eigenvalue weighted by molar-refractivity contribution is -0.123. The van der Waals surface area contributed by atoms with Crippen molar-refractivity contribution in [1.82, 2.24) is 25.3 Å². The van der Waals surface area contributed by atoms with Gasteiger partial charge in [-0.05, 0) is 77.3 Å². The molecule has 11 heteroatoms. The highest BCUT2D eigenvalue weighted by Crippen LogP contribution is 2.41. The Morgan fingerprint density at radius 1 is 1.02 bits per heavy atom. The molecular formula is C39H39ClN6O4. The molecular weight excluding hydrogens is 652 g/mol. The Morgan fingerprint density at radius 2 is 1.76 bits per heavy atom. The Bertz CT molecular complexity index is 2180. The molecule has 1 aliphatic heterocycles. The van der Waals surface area contributed by atoms with Crippen LogP contribution in [0.1, 0.15) is 35.1 Å². The number of aromatic nitrogens is 2. The van der Waals surface area contributed by atoms with Gasteiger partial charge in [0, 0.05) is 60.7 Å². The highest BCUT2D eigenvalue weighted by molar-refractivity contribution is 6.36. The first-order valence-corrected chi connectivity index (χ1v) is 17.3. The first-order chi connectivity index (χ1) is 24.2. The molecule has 2 amide bonds. The molecule has 6 N–H and O–H groups in total. The van der Waals surface area contributed by atoms with Gasteiger partial charge in [0.25, 0.3) is 5.56 Å². The van der Waals surface area contributed by atoms with Crippen molar-refractivity contribution in [2.24, 2.45) is 5.73 Å².